The van der Waals surface area contributed by atoms with Gasteiger partial charge in [0.25, 0.3) is 0 Å². The second-order valence-corrected chi connectivity index (χ2v) is 8.66. The van der Waals surface area contributed by atoms with Crippen LogP contribution in [0.15, 0.2) is 0 Å². The summed E-state index contributed by atoms with van der Waals surface area (Å²) in [5.41, 5.74) is 0.445. The van der Waals surface area contributed by atoms with Gasteiger partial charge < -0.3 is 14.5 Å². The standard InChI is InChI=1S/C19H35N3O2/c1-16(2)12-18(23)22-6-4-19(5-7-22)13-17(20(3)15-19)14-21-8-10-24-11-9-21/h16-17H,4-15H2,1-3H3. The van der Waals surface area contributed by atoms with Crippen LogP contribution in [0.3, 0.4) is 0 Å². The molecular formula is C19H35N3O2. The monoisotopic (exact) mass is 337 g/mol. The molecule has 3 rings (SSSR count). The van der Waals surface area contributed by atoms with Gasteiger partial charge in [-0.25, -0.2) is 0 Å². The highest BCUT2D eigenvalue weighted by Crippen LogP contribution is 2.43. The normalized spacial score (nSPS) is 28.8. The number of nitrogens with zero attached hydrogens (tertiary/aromatic N) is 3. The van der Waals surface area contributed by atoms with Crippen LogP contribution in [-0.4, -0.2) is 86.2 Å². The first-order valence-corrected chi connectivity index (χ1v) is 9.76. The zero-order chi connectivity index (χ0) is 17.2. The minimum absolute atomic E-state index is 0.357. The molecule has 0 radical (unpaired) electrons. The number of piperidine rings is 1. The fourth-order valence-electron chi connectivity index (χ4n) is 4.74. The fourth-order valence-corrected chi connectivity index (χ4v) is 4.74. The van der Waals surface area contributed by atoms with E-state index in [4.69, 9.17) is 4.74 Å². The van der Waals surface area contributed by atoms with E-state index in [1.807, 2.05) is 0 Å². The second kappa shape index (κ2) is 7.71. The summed E-state index contributed by atoms with van der Waals surface area (Å²) in [4.78, 5) is 19.5. The van der Waals surface area contributed by atoms with Crippen molar-refractivity contribution in [2.75, 3.05) is 59.5 Å². The van der Waals surface area contributed by atoms with Crippen molar-refractivity contribution in [1.29, 1.82) is 0 Å². The first kappa shape index (κ1) is 18.2. The van der Waals surface area contributed by atoms with Crippen LogP contribution in [0.25, 0.3) is 0 Å². The summed E-state index contributed by atoms with van der Waals surface area (Å²) in [5.74, 6) is 0.819. The van der Waals surface area contributed by atoms with Crippen LogP contribution in [0.2, 0.25) is 0 Å². The largest absolute Gasteiger partial charge is 0.379 e. The maximum Gasteiger partial charge on any atom is 0.222 e. The zero-order valence-electron chi connectivity index (χ0n) is 15.8. The van der Waals surface area contributed by atoms with Crippen LogP contribution in [0.1, 0.15) is 39.5 Å². The number of hydrogen-bond acceptors (Lipinski definition) is 4. The number of carbonyl (C=O) groups excluding carboxylic acids is 1. The van der Waals surface area contributed by atoms with Crippen LogP contribution in [0.4, 0.5) is 0 Å². The lowest BCUT2D eigenvalue weighted by molar-refractivity contribution is -0.134. The van der Waals surface area contributed by atoms with E-state index >= 15 is 0 Å². The summed E-state index contributed by atoms with van der Waals surface area (Å²) in [6.07, 6.45) is 4.36. The number of hydrogen-bond donors (Lipinski definition) is 0. The maximum absolute atomic E-state index is 12.3. The molecule has 0 aromatic carbocycles. The van der Waals surface area contributed by atoms with Gasteiger partial charge in [-0.05, 0) is 37.6 Å². The predicted molar refractivity (Wildman–Crippen MR) is 96.0 cm³/mol. The Morgan fingerprint density at radius 3 is 2.46 bits per heavy atom. The summed E-state index contributed by atoms with van der Waals surface area (Å²) in [6.45, 7) is 12.5. The van der Waals surface area contributed by atoms with Crippen molar-refractivity contribution in [3.8, 4) is 0 Å². The van der Waals surface area contributed by atoms with Gasteiger partial charge in [-0.15, -0.1) is 0 Å². The molecule has 3 saturated heterocycles. The molecule has 0 N–H and O–H groups in total. The van der Waals surface area contributed by atoms with Crippen molar-refractivity contribution >= 4 is 5.91 Å². The molecule has 0 aromatic heterocycles. The van der Waals surface area contributed by atoms with Crippen molar-refractivity contribution in [3.05, 3.63) is 0 Å². The van der Waals surface area contributed by atoms with Crippen molar-refractivity contribution < 1.29 is 9.53 Å². The molecule has 0 saturated carbocycles. The fraction of sp³-hybridized carbons (Fsp3) is 0.947. The molecule has 0 aliphatic carbocycles. The Balaban J connectivity index is 1.50. The van der Waals surface area contributed by atoms with Gasteiger partial charge in [0, 0.05) is 51.7 Å². The highest BCUT2D eigenvalue weighted by Gasteiger charge is 2.45. The number of likely N-dealkylation sites (N-methyl/N-ethyl adjacent to an activating group) is 1. The SMILES string of the molecule is CC(C)CC(=O)N1CCC2(CC1)CC(CN1CCOCC1)N(C)C2. The topological polar surface area (TPSA) is 36.0 Å². The number of amides is 1. The number of rotatable bonds is 4. The van der Waals surface area contributed by atoms with E-state index < -0.39 is 0 Å². The lowest BCUT2D eigenvalue weighted by Crippen LogP contribution is -2.44. The lowest BCUT2D eigenvalue weighted by atomic mass is 9.76. The Kier molecular flexibility index (Phi) is 5.83. The molecule has 5 nitrogen and oxygen atoms in total. The molecule has 0 aromatic rings. The number of morpholine rings is 1. The Bertz CT molecular complexity index is 426. The Morgan fingerprint density at radius 2 is 1.83 bits per heavy atom. The average molecular weight is 338 g/mol. The molecule has 3 heterocycles. The number of likely N-dealkylation sites (tertiary alicyclic amines) is 2. The van der Waals surface area contributed by atoms with E-state index in [1.165, 1.54) is 32.4 Å². The second-order valence-electron chi connectivity index (χ2n) is 8.66. The minimum atomic E-state index is 0.357. The molecule has 1 atom stereocenters. The summed E-state index contributed by atoms with van der Waals surface area (Å²) < 4.78 is 5.47. The van der Waals surface area contributed by atoms with E-state index in [0.717, 1.165) is 39.4 Å². The zero-order valence-corrected chi connectivity index (χ0v) is 15.8. The molecule has 0 bridgehead atoms. The molecular weight excluding hydrogens is 302 g/mol. The van der Waals surface area contributed by atoms with Crippen molar-refractivity contribution in [1.82, 2.24) is 14.7 Å². The Hall–Kier alpha value is -0.650. The molecule has 3 fully saturated rings. The van der Waals surface area contributed by atoms with Crippen molar-refractivity contribution in [2.45, 2.75) is 45.6 Å². The van der Waals surface area contributed by atoms with Crippen LogP contribution < -0.4 is 0 Å². The average Bonchev–Trinajstić information content (AvgIpc) is 2.83. The highest BCUT2D eigenvalue weighted by atomic mass is 16.5. The smallest absolute Gasteiger partial charge is 0.222 e. The molecule has 1 amide bonds. The van der Waals surface area contributed by atoms with E-state index in [9.17, 15) is 4.79 Å². The van der Waals surface area contributed by atoms with Gasteiger partial charge in [0.2, 0.25) is 5.91 Å². The molecule has 24 heavy (non-hydrogen) atoms. The third-order valence-corrected chi connectivity index (χ3v) is 6.21. The molecule has 3 aliphatic heterocycles. The summed E-state index contributed by atoms with van der Waals surface area (Å²) in [6, 6.07) is 0.668. The first-order chi connectivity index (χ1) is 11.5. The van der Waals surface area contributed by atoms with E-state index in [1.54, 1.807) is 0 Å². The lowest BCUT2D eigenvalue weighted by Gasteiger charge is -2.39. The highest BCUT2D eigenvalue weighted by molar-refractivity contribution is 5.76. The predicted octanol–water partition coefficient (Wildman–Crippen LogP) is 1.68. The minimum Gasteiger partial charge on any atom is -0.379 e. The van der Waals surface area contributed by atoms with Crippen molar-refractivity contribution in [2.24, 2.45) is 11.3 Å². The summed E-state index contributed by atoms with van der Waals surface area (Å²) >= 11 is 0. The number of ether oxygens (including phenoxy) is 1. The van der Waals surface area contributed by atoms with E-state index in [2.05, 4.69) is 35.6 Å². The maximum atomic E-state index is 12.3. The molecule has 138 valence electrons. The molecule has 1 unspecified atom stereocenters. The van der Waals surface area contributed by atoms with E-state index in [0.29, 0.717) is 29.7 Å². The van der Waals surface area contributed by atoms with Crippen LogP contribution in [0, 0.1) is 11.3 Å². The first-order valence-electron chi connectivity index (χ1n) is 9.76. The quantitative estimate of drug-likeness (QED) is 0.782. The van der Waals surface area contributed by atoms with Crippen molar-refractivity contribution in [3.63, 3.8) is 0 Å². The van der Waals surface area contributed by atoms with Gasteiger partial charge in [0.05, 0.1) is 13.2 Å². The van der Waals surface area contributed by atoms with Gasteiger partial charge in [-0.1, -0.05) is 13.8 Å². The van der Waals surface area contributed by atoms with Crippen LogP contribution in [0.5, 0.6) is 0 Å². The van der Waals surface area contributed by atoms with Gasteiger partial charge in [-0.2, -0.15) is 0 Å². The van der Waals surface area contributed by atoms with Crippen LogP contribution in [-0.2, 0) is 9.53 Å². The summed E-state index contributed by atoms with van der Waals surface area (Å²) in [7, 11) is 2.29. The molecule has 5 heteroatoms. The van der Waals surface area contributed by atoms with Gasteiger partial charge in [-0.3, -0.25) is 9.69 Å². The van der Waals surface area contributed by atoms with Gasteiger partial charge in [0.15, 0.2) is 0 Å². The summed E-state index contributed by atoms with van der Waals surface area (Å²) in [5, 5.41) is 0. The molecule has 3 aliphatic rings. The van der Waals surface area contributed by atoms with Gasteiger partial charge in [0.1, 0.15) is 0 Å². The Labute approximate surface area is 147 Å². The number of carbonyl (C=O) groups is 1. The van der Waals surface area contributed by atoms with E-state index in [-0.39, 0.29) is 0 Å². The molecule has 1 spiro atoms. The third kappa shape index (κ3) is 4.30. The Morgan fingerprint density at radius 1 is 1.17 bits per heavy atom. The third-order valence-electron chi connectivity index (χ3n) is 6.21. The van der Waals surface area contributed by atoms with Gasteiger partial charge >= 0.3 is 0 Å². The van der Waals surface area contributed by atoms with Crippen LogP contribution >= 0.6 is 0 Å².